The van der Waals surface area contributed by atoms with Gasteiger partial charge in [-0.05, 0) is 12.8 Å². The average molecular weight is 315 g/mol. The second-order valence-corrected chi connectivity index (χ2v) is 8.31. The first-order valence-corrected chi connectivity index (χ1v) is 9.08. The van der Waals surface area contributed by atoms with E-state index >= 15 is 0 Å². The van der Waals surface area contributed by atoms with Gasteiger partial charge in [-0.15, -0.1) is 0 Å². The molecule has 19 heavy (non-hydrogen) atoms. The monoisotopic (exact) mass is 315 g/mol. The number of ether oxygens (including phenoxy) is 1. The fraction of sp³-hybridized carbons (Fsp3) is 1.00. The molecule has 10 heteroatoms. The van der Waals surface area contributed by atoms with Crippen LogP contribution in [0.5, 0.6) is 0 Å². The molecule has 0 spiro atoms. The summed E-state index contributed by atoms with van der Waals surface area (Å²) in [6.07, 6.45) is 1.37. The Morgan fingerprint density at radius 2 is 1.79 bits per heavy atom. The van der Waals surface area contributed by atoms with Crippen LogP contribution in [0.4, 0.5) is 0 Å². The van der Waals surface area contributed by atoms with Crippen molar-refractivity contribution < 1.29 is 21.6 Å². The summed E-state index contributed by atoms with van der Waals surface area (Å²) in [5.41, 5.74) is 0. The van der Waals surface area contributed by atoms with Gasteiger partial charge < -0.3 is 4.74 Å². The highest BCUT2D eigenvalue weighted by molar-refractivity contribution is 7.89. The third-order valence-electron chi connectivity index (χ3n) is 2.64. The van der Waals surface area contributed by atoms with Gasteiger partial charge in [0, 0.05) is 33.8 Å². The molecule has 0 saturated carbocycles. The van der Waals surface area contributed by atoms with Crippen LogP contribution in [0, 0.1) is 0 Å². The third kappa shape index (κ3) is 6.15. The fourth-order valence-electron chi connectivity index (χ4n) is 1.60. The van der Waals surface area contributed by atoms with Gasteiger partial charge in [-0.2, -0.15) is 12.7 Å². The first kappa shape index (κ1) is 16.8. The second-order valence-electron chi connectivity index (χ2n) is 4.49. The topological polar surface area (TPSA) is 105 Å². The standard InChI is InChI=1S/C9H21N3O5S2/c1-12(2)19(15,16)11-6-5-10-18(13,14)8-9-4-3-7-17-9/h9-11H,3-8H2,1-2H3/t9-/m0/s1. The minimum Gasteiger partial charge on any atom is -0.377 e. The Bertz CT molecular complexity index is 468. The highest BCUT2D eigenvalue weighted by Gasteiger charge is 2.23. The highest BCUT2D eigenvalue weighted by atomic mass is 32.2. The third-order valence-corrected chi connectivity index (χ3v) is 5.63. The van der Waals surface area contributed by atoms with Crippen LogP contribution >= 0.6 is 0 Å². The van der Waals surface area contributed by atoms with E-state index in [0.29, 0.717) is 6.61 Å². The molecule has 2 N–H and O–H groups in total. The Morgan fingerprint density at radius 1 is 1.16 bits per heavy atom. The van der Waals surface area contributed by atoms with Gasteiger partial charge in [0.15, 0.2) is 0 Å². The van der Waals surface area contributed by atoms with Crippen molar-refractivity contribution in [1.29, 1.82) is 0 Å². The first-order chi connectivity index (χ1) is 8.73. The zero-order valence-corrected chi connectivity index (χ0v) is 12.8. The lowest BCUT2D eigenvalue weighted by atomic mass is 10.3. The number of sulfonamides is 1. The van der Waals surface area contributed by atoms with Crippen LogP contribution < -0.4 is 9.44 Å². The zero-order chi connectivity index (χ0) is 14.5. The second kappa shape index (κ2) is 6.95. The molecular weight excluding hydrogens is 294 g/mol. The van der Waals surface area contributed by atoms with Crippen LogP contribution in [0.25, 0.3) is 0 Å². The van der Waals surface area contributed by atoms with E-state index in [1.165, 1.54) is 14.1 Å². The van der Waals surface area contributed by atoms with E-state index in [9.17, 15) is 16.8 Å². The molecule has 1 aliphatic rings. The van der Waals surface area contributed by atoms with Gasteiger partial charge >= 0.3 is 0 Å². The molecule has 0 aromatic heterocycles. The molecule has 1 atom stereocenters. The summed E-state index contributed by atoms with van der Waals surface area (Å²) >= 11 is 0. The Hall–Kier alpha value is -0.260. The molecule has 0 radical (unpaired) electrons. The van der Waals surface area contributed by atoms with Crippen LogP contribution in [-0.2, 0) is 25.0 Å². The van der Waals surface area contributed by atoms with E-state index in [1.807, 2.05) is 0 Å². The van der Waals surface area contributed by atoms with E-state index in [0.717, 1.165) is 17.1 Å². The van der Waals surface area contributed by atoms with Crippen molar-refractivity contribution in [3.05, 3.63) is 0 Å². The van der Waals surface area contributed by atoms with Gasteiger partial charge in [0.2, 0.25) is 10.0 Å². The van der Waals surface area contributed by atoms with Crippen LogP contribution in [0.15, 0.2) is 0 Å². The van der Waals surface area contributed by atoms with Gasteiger partial charge in [0.05, 0.1) is 11.9 Å². The van der Waals surface area contributed by atoms with Crippen molar-refractivity contribution in [2.75, 3.05) is 39.5 Å². The summed E-state index contributed by atoms with van der Waals surface area (Å²) in [5.74, 6) is -0.0760. The smallest absolute Gasteiger partial charge is 0.278 e. The quantitative estimate of drug-likeness (QED) is 0.529. The summed E-state index contributed by atoms with van der Waals surface area (Å²) in [4.78, 5) is 0. The lowest BCUT2D eigenvalue weighted by Gasteiger charge is -2.13. The summed E-state index contributed by atoms with van der Waals surface area (Å²) in [6.45, 7) is 0.621. The maximum absolute atomic E-state index is 11.7. The molecule has 1 rings (SSSR count). The van der Waals surface area contributed by atoms with E-state index in [2.05, 4.69) is 9.44 Å². The molecule has 1 aliphatic heterocycles. The predicted octanol–water partition coefficient (Wildman–Crippen LogP) is -1.52. The van der Waals surface area contributed by atoms with E-state index in [4.69, 9.17) is 4.74 Å². The number of hydrogen-bond acceptors (Lipinski definition) is 5. The Balaban J connectivity index is 2.28. The molecule has 0 aliphatic carbocycles. The summed E-state index contributed by atoms with van der Waals surface area (Å²) in [6, 6.07) is 0. The average Bonchev–Trinajstić information content (AvgIpc) is 2.76. The number of nitrogens with one attached hydrogen (secondary N) is 2. The van der Waals surface area contributed by atoms with Gasteiger partial charge in [-0.25, -0.2) is 17.9 Å². The van der Waals surface area contributed by atoms with Crippen LogP contribution in [0.2, 0.25) is 0 Å². The molecule has 1 fully saturated rings. The van der Waals surface area contributed by atoms with Crippen molar-refractivity contribution in [3.8, 4) is 0 Å². The molecule has 0 amide bonds. The van der Waals surface area contributed by atoms with Gasteiger partial charge in [0.25, 0.3) is 10.2 Å². The van der Waals surface area contributed by atoms with Crippen LogP contribution in [0.3, 0.4) is 0 Å². The molecule has 1 heterocycles. The summed E-state index contributed by atoms with van der Waals surface area (Å²) < 4.78 is 56.9. The van der Waals surface area contributed by atoms with Crippen LogP contribution in [0.1, 0.15) is 12.8 Å². The maximum atomic E-state index is 11.7. The summed E-state index contributed by atoms with van der Waals surface area (Å²) in [5, 5.41) is 0. The molecule has 114 valence electrons. The lowest BCUT2D eigenvalue weighted by Crippen LogP contribution is -2.41. The minimum absolute atomic E-state index is 0.00523. The normalized spacial score (nSPS) is 21.1. The van der Waals surface area contributed by atoms with E-state index in [1.54, 1.807) is 0 Å². The van der Waals surface area contributed by atoms with Crippen molar-refractivity contribution in [1.82, 2.24) is 13.7 Å². The predicted molar refractivity (Wildman–Crippen MR) is 71.4 cm³/mol. The Morgan fingerprint density at radius 3 is 2.32 bits per heavy atom. The maximum Gasteiger partial charge on any atom is 0.278 e. The number of rotatable bonds is 8. The van der Waals surface area contributed by atoms with Crippen LogP contribution in [-0.4, -0.2) is 66.8 Å². The molecule has 8 nitrogen and oxygen atoms in total. The van der Waals surface area contributed by atoms with E-state index < -0.39 is 20.2 Å². The van der Waals surface area contributed by atoms with Gasteiger partial charge in [0.1, 0.15) is 0 Å². The van der Waals surface area contributed by atoms with Gasteiger partial charge in [-0.3, -0.25) is 0 Å². The number of hydrogen-bond donors (Lipinski definition) is 2. The van der Waals surface area contributed by atoms with Crippen molar-refractivity contribution in [3.63, 3.8) is 0 Å². The van der Waals surface area contributed by atoms with Crippen molar-refractivity contribution in [2.24, 2.45) is 0 Å². The first-order valence-electron chi connectivity index (χ1n) is 5.99. The Labute approximate surface area is 114 Å². The fourth-order valence-corrected chi connectivity index (χ4v) is 3.50. The molecule has 1 saturated heterocycles. The highest BCUT2D eigenvalue weighted by Crippen LogP contribution is 2.13. The van der Waals surface area contributed by atoms with E-state index in [-0.39, 0.29) is 24.9 Å². The summed E-state index contributed by atoms with van der Waals surface area (Å²) in [7, 11) is -4.16. The lowest BCUT2D eigenvalue weighted by molar-refractivity contribution is 0.127. The zero-order valence-electron chi connectivity index (χ0n) is 11.1. The van der Waals surface area contributed by atoms with Gasteiger partial charge in [-0.1, -0.05) is 0 Å². The SMILES string of the molecule is CN(C)S(=O)(=O)NCCNS(=O)(=O)C[C@@H]1CCCO1. The van der Waals surface area contributed by atoms with Crippen molar-refractivity contribution in [2.45, 2.75) is 18.9 Å². The molecule has 0 aromatic carbocycles. The molecule has 0 bridgehead atoms. The molecule has 0 aromatic rings. The molecule has 0 unspecified atom stereocenters. The largest absolute Gasteiger partial charge is 0.377 e. The van der Waals surface area contributed by atoms with Crippen molar-refractivity contribution >= 4 is 20.2 Å². The Kier molecular flexibility index (Phi) is 6.15. The minimum atomic E-state index is -3.51. The number of nitrogens with zero attached hydrogens (tertiary/aromatic N) is 1. The molecular formula is C9H21N3O5S2.